The Morgan fingerprint density at radius 1 is 1.10 bits per heavy atom. The molecule has 1 N–H and O–H groups in total. The number of hydrogen-bond donors (Lipinski definition) is 0. The smallest absolute Gasteiger partial charge is 0.419 e. The molecule has 2 aromatic rings. The summed E-state index contributed by atoms with van der Waals surface area (Å²) in [5, 5.41) is 0. The number of hydrogen-bond acceptors (Lipinski definition) is 4. The third-order valence-electron chi connectivity index (χ3n) is 4.90. The minimum absolute atomic E-state index is 0.119. The minimum atomic E-state index is -4.38. The van der Waals surface area contributed by atoms with E-state index in [9.17, 15) is 18.0 Å². The van der Waals surface area contributed by atoms with E-state index in [1.807, 2.05) is 11.8 Å². The van der Waals surface area contributed by atoms with Crippen LogP contribution < -0.4 is 19.4 Å². The Hall–Kier alpha value is -2.97. The van der Waals surface area contributed by atoms with E-state index < -0.39 is 11.7 Å². The number of pyridine rings is 1. The fourth-order valence-corrected chi connectivity index (χ4v) is 3.25. The molecule has 162 valence electrons. The number of piperazine rings is 1. The number of rotatable bonds is 6. The van der Waals surface area contributed by atoms with E-state index in [1.54, 1.807) is 23.1 Å². The van der Waals surface area contributed by atoms with Crippen molar-refractivity contribution in [3.63, 3.8) is 0 Å². The van der Waals surface area contributed by atoms with E-state index >= 15 is 0 Å². The molecule has 0 unspecified atom stereocenters. The number of alkyl halides is 3. The first-order valence-corrected chi connectivity index (χ1v) is 9.77. The molecule has 1 aromatic carbocycles. The minimum Gasteiger partial charge on any atom is -0.493 e. The van der Waals surface area contributed by atoms with E-state index in [2.05, 4.69) is 4.98 Å². The van der Waals surface area contributed by atoms with Crippen molar-refractivity contribution in [2.75, 3.05) is 44.8 Å². The molecule has 1 aliphatic rings. The van der Waals surface area contributed by atoms with Crippen LogP contribution in [-0.2, 0) is 6.18 Å². The molecule has 9 heteroatoms. The van der Waals surface area contributed by atoms with Crippen LogP contribution in [0.25, 0.3) is 0 Å². The van der Waals surface area contributed by atoms with Crippen molar-refractivity contribution in [2.24, 2.45) is 0 Å². The lowest BCUT2D eigenvalue weighted by Crippen LogP contribution is -2.50. The summed E-state index contributed by atoms with van der Waals surface area (Å²) < 4.78 is 49.1. The lowest BCUT2D eigenvalue weighted by molar-refractivity contribution is -0.367. The van der Waals surface area contributed by atoms with Crippen LogP contribution in [0, 0.1) is 0 Å². The Morgan fingerprint density at radius 2 is 1.83 bits per heavy atom. The number of amides is 1. The molecule has 1 aromatic heterocycles. The van der Waals surface area contributed by atoms with Gasteiger partial charge >= 0.3 is 6.18 Å². The number of carbonyl (C=O) groups excluding carboxylic acids is 1. The number of nitrogens with one attached hydrogen (secondary N) is 1. The van der Waals surface area contributed by atoms with E-state index in [1.165, 1.54) is 13.2 Å². The van der Waals surface area contributed by atoms with Crippen LogP contribution in [0.2, 0.25) is 0 Å². The van der Waals surface area contributed by atoms with E-state index in [4.69, 9.17) is 9.47 Å². The van der Waals surface area contributed by atoms with Crippen molar-refractivity contribution in [3.8, 4) is 11.5 Å². The maximum atomic E-state index is 12.9. The summed E-state index contributed by atoms with van der Waals surface area (Å²) in [6.07, 6.45) is -2.55. The predicted octanol–water partition coefficient (Wildman–Crippen LogP) is 3.28. The number of aromatic amines is 1. The summed E-state index contributed by atoms with van der Waals surface area (Å²) >= 11 is 0. The highest BCUT2D eigenvalue weighted by molar-refractivity contribution is 5.95. The number of nitrogens with zero attached hydrogens (tertiary/aromatic N) is 2. The summed E-state index contributed by atoms with van der Waals surface area (Å²) in [5.41, 5.74) is -0.217. The van der Waals surface area contributed by atoms with Gasteiger partial charge in [-0.1, -0.05) is 6.92 Å². The molecule has 0 aliphatic carbocycles. The van der Waals surface area contributed by atoms with Crippen LogP contribution in [0.4, 0.5) is 19.0 Å². The zero-order chi connectivity index (χ0) is 21.7. The molecule has 0 saturated carbocycles. The highest BCUT2D eigenvalue weighted by Gasteiger charge is 2.33. The third-order valence-corrected chi connectivity index (χ3v) is 4.90. The Labute approximate surface area is 173 Å². The second-order valence-electron chi connectivity index (χ2n) is 6.95. The van der Waals surface area contributed by atoms with Crippen molar-refractivity contribution in [1.82, 2.24) is 4.90 Å². The lowest BCUT2D eigenvalue weighted by atomic mass is 10.1. The number of ether oxygens (including phenoxy) is 2. The quantitative estimate of drug-likeness (QED) is 0.714. The van der Waals surface area contributed by atoms with Gasteiger partial charge in [-0.25, -0.2) is 4.98 Å². The summed E-state index contributed by atoms with van der Waals surface area (Å²) in [5.74, 6) is 1.58. The first kappa shape index (κ1) is 21.7. The molecule has 0 radical (unpaired) electrons. The third kappa shape index (κ3) is 4.95. The number of aromatic nitrogens is 1. The summed E-state index contributed by atoms with van der Waals surface area (Å²) in [6.45, 7) is 4.53. The number of methoxy groups -OCH3 is 1. The number of benzene rings is 1. The Bertz CT molecular complexity index is 864. The van der Waals surface area contributed by atoms with E-state index in [0.717, 1.165) is 18.7 Å². The Morgan fingerprint density at radius 3 is 2.40 bits per heavy atom. The topological polar surface area (TPSA) is 56.2 Å². The van der Waals surface area contributed by atoms with Crippen LogP contribution >= 0.6 is 0 Å². The van der Waals surface area contributed by atoms with Gasteiger partial charge < -0.3 is 14.4 Å². The second-order valence-corrected chi connectivity index (χ2v) is 6.95. The van der Waals surface area contributed by atoms with Gasteiger partial charge in [-0.2, -0.15) is 13.2 Å². The Balaban J connectivity index is 1.62. The number of halogens is 3. The van der Waals surface area contributed by atoms with Gasteiger partial charge in [-0.05, 0) is 30.7 Å². The molecule has 1 aliphatic heterocycles. The average Bonchev–Trinajstić information content (AvgIpc) is 2.76. The number of H-pyrrole nitrogens is 1. The summed E-state index contributed by atoms with van der Waals surface area (Å²) in [6, 6.07) is 7.59. The highest BCUT2D eigenvalue weighted by atomic mass is 19.4. The zero-order valence-electron chi connectivity index (χ0n) is 17.0. The van der Waals surface area contributed by atoms with Crippen LogP contribution in [-0.4, -0.2) is 50.7 Å². The molecule has 0 atom stereocenters. The molecular weight excluding hydrogens is 399 g/mol. The van der Waals surface area contributed by atoms with Gasteiger partial charge in [0, 0.05) is 11.6 Å². The van der Waals surface area contributed by atoms with Gasteiger partial charge in [-0.3, -0.25) is 9.69 Å². The van der Waals surface area contributed by atoms with Gasteiger partial charge in [-0.15, -0.1) is 0 Å². The maximum absolute atomic E-state index is 12.9. The maximum Gasteiger partial charge on any atom is 0.419 e. The van der Waals surface area contributed by atoms with Crippen molar-refractivity contribution < 1.29 is 32.4 Å². The number of carbonyl (C=O) groups is 1. The summed E-state index contributed by atoms with van der Waals surface area (Å²) in [4.78, 5) is 19.2. The van der Waals surface area contributed by atoms with Crippen molar-refractivity contribution in [1.29, 1.82) is 0 Å². The summed E-state index contributed by atoms with van der Waals surface area (Å²) in [7, 11) is 1.53. The monoisotopic (exact) mass is 424 g/mol. The average molecular weight is 424 g/mol. The fourth-order valence-electron chi connectivity index (χ4n) is 3.25. The SMILES string of the molecule is CCCOc1ccc(C(=O)N2CCN(c3ccc(C(F)(F)F)c[nH+]3)CC2)cc1OC. The van der Waals surface area contributed by atoms with Crippen molar-refractivity contribution >= 4 is 11.7 Å². The van der Waals surface area contributed by atoms with E-state index in [0.29, 0.717) is 55.7 Å². The van der Waals surface area contributed by atoms with Gasteiger partial charge in [0.05, 0.1) is 32.4 Å². The molecule has 30 heavy (non-hydrogen) atoms. The molecule has 0 bridgehead atoms. The normalized spacial score (nSPS) is 14.6. The fraction of sp³-hybridized carbons (Fsp3) is 0.429. The highest BCUT2D eigenvalue weighted by Crippen LogP contribution is 2.30. The molecule has 1 fully saturated rings. The molecule has 0 spiro atoms. The molecule has 1 saturated heterocycles. The van der Waals surface area contributed by atoms with Crippen molar-refractivity contribution in [2.45, 2.75) is 19.5 Å². The van der Waals surface area contributed by atoms with Crippen LogP contribution in [0.1, 0.15) is 29.3 Å². The molecule has 1 amide bonds. The van der Waals surface area contributed by atoms with Gasteiger partial charge in [0.15, 0.2) is 11.5 Å². The molecule has 6 nitrogen and oxygen atoms in total. The van der Waals surface area contributed by atoms with Gasteiger partial charge in [0.1, 0.15) is 19.3 Å². The second kappa shape index (κ2) is 9.23. The Kier molecular flexibility index (Phi) is 6.69. The zero-order valence-corrected chi connectivity index (χ0v) is 17.0. The van der Waals surface area contributed by atoms with Gasteiger partial charge in [0.25, 0.3) is 11.7 Å². The van der Waals surface area contributed by atoms with Crippen LogP contribution in [0.5, 0.6) is 11.5 Å². The molecule has 3 rings (SSSR count). The largest absolute Gasteiger partial charge is 0.493 e. The van der Waals surface area contributed by atoms with Gasteiger partial charge in [0.2, 0.25) is 0 Å². The standard InChI is InChI=1S/C21H24F3N3O3/c1-3-12-30-17-6-4-15(13-18(17)29-2)20(28)27-10-8-26(9-11-27)19-7-5-16(14-25-19)21(22,23)24/h4-7,13-14H,3,8-12H2,1-2H3/p+1. The van der Waals surface area contributed by atoms with Crippen molar-refractivity contribution in [3.05, 3.63) is 47.7 Å². The van der Waals surface area contributed by atoms with E-state index in [-0.39, 0.29) is 5.91 Å². The lowest BCUT2D eigenvalue weighted by Gasteiger charge is -2.31. The predicted molar refractivity (Wildman–Crippen MR) is 105 cm³/mol. The first-order valence-electron chi connectivity index (χ1n) is 9.77. The number of anilines is 1. The molecular formula is C21H25F3N3O3+. The first-order chi connectivity index (χ1) is 14.3. The van der Waals surface area contributed by atoms with Crippen LogP contribution in [0.3, 0.4) is 0 Å². The molecule has 2 heterocycles. The van der Waals surface area contributed by atoms with Crippen LogP contribution in [0.15, 0.2) is 36.5 Å².